The SMILES string of the molecule is Cc1ccc(Nc2cc(C(=O)NCCc3ccccc3F)ncn2)cc1. The molecular weight excluding hydrogens is 331 g/mol. The summed E-state index contributed by atoms with van der Waals surface area (Å²) in [5.41, 5.74) is 2.86. The number of carbonyl (C=O) groups excluding carboxylic acids is 1. The maximum atomic E-state index is 13.6. The number of anilines is 2. The lowest BCUT2D eigenvalue weighted by atomic mass is 10.1. The average molecular weight is 350 g/mol. The Labute approximate surface area is 151 Å². The molecule has 6 heteroatoms. The van der Waals surface area contributed by atoms with E-state index in [1.807, 2.05) is 31.2 Å². The lowest BCUT2D eigenvalue weighted by Crippen LogP contribution is -2.26. The normalized spacial score (nSPS) is 10.4. The molecule has 2 N–H and O–H groups in total. The van der Waals surface area contributed by atoms with Crippen molar-refractivity contribution in [2.24, 2.45) is 0 Å². The smallest absolute Gasteiger partial charge is 0.270 e. The number of nitrogens with one attached hydrogen (secondary N) is 2. The minimum absolute atomic E-state index is 0.253. The third-order valence-corrected chi connectivity index (χ3v) is 3.86. The molecule has 0 unspecified atom stereocenters. The van der Waals surface area contributed by atoms with Crippen LogP contribution in [0.2, 0.25) is 0 Å². The summed E-state index contributed by atoms with van der Waals surface area (Å²) in [5.74, 6) is -0.0628. The molecule has 0 saturated carbocycles. The highest BCUT2D eigenvalue weighted by Crippen LogP contribution is 2.15. The van der Waals surface area contributed by atoms with Crippen molar-refractivity contribution in [1.29, 1.82) is 0 Å². The van der Waals surface area contributed by atoms with Crippen LogP contribution in [0.4, 0.5) is 15.9 Å². The summed E-state index contributed by atoms with van der Waals surface area (Å²) in [5, 5.41) is 5.88. The highest BCUT2D eigenvalue weighted by atomic mass is 19.1. The molecule has 132 valence electrons. The summed E-state index contributed by atoms with van der Waals surface area (Å²) in [7, 11) is 0. The molecular formula is C20H19FN4O. The predicted molar refractivity (Wildman–Crippen MR) is 98.9 cm³/mol. The molecule has 0 saturated heterocycles. The van der Waals surface area contributed by atoms with Gasteiger partial charge in [0.2, 0.25) is 0 Å². The summed E-state index contributed by atoms with van der Waals surface area (Å²) in [6, 6.07) is 15.9. The molecule has 2 aromatic carbocycles. The summed E-state index contributed by atoms with van der Waals surface area (Å²) >= 11 is 0. The van der Waals surface area contributed by atoms with Crippen LogP contribution in [0.3, 0.4) is 0 Å². The molecule has 26 heavy (non-hydrogen) atoms. The van der Waals surface area contributed by atoms with E-state index < -0.39 is 0 Å². The zero-order valence-corrected chi connectivity index (χ0v) is 14.4. The van der Waals surface area contributed by atoms with Gasteiger partial charge in [0.15, 0.2) is 0 Å². The van der Waals surface area contributed by atoms with Gasteiger partial charge in [0.25, 0.3) is 5.91 Å². The first-order valence-electron chi connectivity index (χ1n) is 8.29. The Morgan fingerprint density at radius 3 is 2.62 bits per heavy atom. The fourth-order valence-corrected chi connectivity index (χ4v) is 2.44. The van der Waals surface area contributed by atoms with E-state index in [2.05, 4.69) is 20.6 Å². The number of hydrogen-bond acceptors (Lipinski definition) is 4. The van der Waals surface area contributed by atoms with Gasteiger partial charge in [0.1, 0.15) is 23.7 Å². The zero-order chi connectivity index (χ0) is 18.4. The minimum Gasteiger partial charge on any atom is -0.350 e. The van der Waals surface area contributed by atoms with Crippen molar-refractivity contribution in [3.05, 3.63) is 83.6 Å². The van der Waals surface area contributed by atoms with Crippen LogP contribution in [0.25, 0.3) is 0 Å². The first kappa shape index (κ1) is 17.5. The fourth-order valence-electron chi connectivity index (χ4n) is 2.44. The van der Waals surface area contributed by atoms with Gasteiger partial charge < -0.3 is 10.6 Å². The molecule has 1 aromatic heterocycles. The molecule has 3 rings (SSSR count). The summed E-state index contributed by atoms with van der Waals surface area (Å²) in [4.78, 5) is 20.4. The number of hydrogen-bond donors (Lipinski definition) is 2. The number of benzene rings is 2. The van der Waals surface area contributed by atoms with Gasteiger partial charge in [-0.1, -0.05) is 35.9 Å². The molecule has 0 atom stereocenters. The second-order valence-corrected chi connectivity index (χ2v) is 5.88. The van der Waals surface area contributed by atoms with Gasteiger partial charge >= 0.3 is 0 Å². The van der Waals surface area contributed by atoms with E-state index in [0.29, 0.717) is 24.3 Å². The predicted octanol–water partition coefficient (Wildman–Crippen LogP) is 3.64. The standard InChI is InChI=1S/C20H19FN4O/c1-14-6-8-16(9-7-14)25-19-12-18(23-13-24-19)20(26)22-11-10-15-4-2-3-5-17(15)21/h2-9,12-13H,10-11H2,1H3,(H,22,26)(H,23,24,25). The summed E-state index contributed by atoms with van der Waals surface area (Å²) < 4.78 is 13.6. The van der Waals surface area contributed by atoms with Crippen LogP contribution >= 0.6 is 0 Å². The molecule has 1 heterocycles. The number of nitrogens with zero attached hydrogens (tertiary/aromatic N) is 2. The second-order valence-electron chi connectivity index (χ2n) is 5.88. The van der Waals surface area contributed by atoms with Gasteiger partial charge in [-0.2, -0.15) is 0 Å². The average Bonchev–Trinajstić information content (AvgIpc) is 2.65. The van der Waals surface area contributed by atoms with Crippen LogP contribution < -0.4 is 10.6 Å². The number of rotatable bonds is 6. The molecule has 0 radical (unpaired) electrons. The van der Waals surface area contributed by atoms with Gasteiger partial charge in [0, 0.05) is 18.3 Å². The van der Waals surface area contributed by atoms with Crippen LogP contribution in [0.1, 0.15) is 21.6 Å². The van der Waals surface area contributed by atoms with E-state index in [9.17, 15) is 9.18 Å². The summed E-state index contributed by atoms with van der Waals surface area (Å²) in [6.07, 6.45) is 1.75. The highest BCUT2D eigenvalue weighted by molar-refractivity contribution is 5.92. The molecule has 0 spiro atoms. The minimum atomic E-state index is -0.323. The highest BCUT2D eigenvalue weighted by Gasteiger charge is 2.09. The number of aryl methyl sites for hydroxylation is 1. The van der Waals surface area contributed by atoms with E-state index in [-0.39, 0.29) is 17.4 Å². The van der Waals surface area contributed by atoms with Crippen LogP contribution in [0.5, 0.6) is 0 Å². The van der Waals surface area contributed by atoms with Gasteiger partial charge in [-0.3, -0.25) is 4.79 Å². The third kappa shape index (κ3) is 4.63. The first-order chi connectivity index (χ1) is 12.6. The van der Waals surface area contributed by atoms with Gasteiger partial charge in [0.05, 0.1) is 0 Å². The monoisotopic (exact) mass is 350 g/mol. The maximum Gasteiger partial charge on any atom is 0.270 e. The van der Waals surface area contributed by atoms with Crippen molar-refractivity contribution in [1.82, 2.24) is 15.3 Å². The molecule has 0 aliphatic heterocycles. The third-order valence-electron chi connectivity index (χ3n) is 3.86. The van der Waals surface area contributed by atoms with Crippen molar-refractivity contribution in [2.75, 3.05) is 11.9 Å². The second kappa shape index (κ2) is 8.20. The molecule has 0 bridgehead atoms. The number of halogens is 1. The van der Waals surface area contributed by atoms with E-state index in [1.165, 1.54) is 12.4 Å². The Bertz CT molecular complexity index is 896. The molecule has 0 aliphatic rings. The lowest BCUT2D eigenvalue weighted by Gasteiger charge is -2.08. The number of amides is 1. The summed E-state index contributed by atoms with van der Waals surface area (Å²) in [6.45, 7) is 2.34. The Kier molecular flexibility index (Phi) is 5.53. The van der Waals surface area contributed by atoms with E-state index in [4.69, 9.17) is 0 Å². The Balaban J connectivity index is 1.59. The van der Waals surface area contributed by atoms with Crippen LogP contribution in [0.15, 0.2) is 60.9 Å². The Hall–Kier alpha value is -3.28. The van der Waals surface area contributed by atoms with E-state index >= 15 is 0 Å². The largest absolute Gasteiger partial charge is 0.350 e. The van der Waals surface area contributed by atoms with Gasteiger partial charge in [-0.05, 0) is 37.1 Å². The zero-order valence-electron chi connectivity index (χ0n) is 14.4. The van der Waals surface area contributed by atoms with Gasteiger partial charge in [-0.15, -0.1) is 0 Å². The number of carbonyl (C=O) groups is 1. The molecule has 3 aromatic rings. The Morgan fingerprint density at radius 1 is 1.08 bits per heavy atom. The molecule has 5 nitrogen and oxygen atoms in total. The van der Waals surface area contributed by atoms with Crippen LogP contribution in [0, 0.1) is 12.7 Å². The van der Waals surface area contributed by atoms with Crippen LogP contribution in [-0.2, 0) is 6.42 Å². The quantitative estimate of drug-likeness (QED) is 0.712. The topological polar surface area (TPSA) is 66.9 Å². The van der Waals surface area contributed by atoms with Crippen LogP contribution in [-0.4, -0.2) is 22.4 Å². The van der Waals surface area contributed by atoms with Crippen molar-refractivity contribution in [2.45, 2.75) is 13.3 Å². The van der Waals surface area contributed by atoms with E-state index in [1.54, 1.807) is 24.3 Å². The lowest BCUT2D eigenvalue weighted by molar-refractivity contribution is 0.0949. The molecule has 0 fully saturated rings. The first-order valence-corrected chi connectivity index (χ1v) is 8.29. The van der Waals surface area contributed by atoms with Crippen molar-refractivity contribution in [3.8, 4) is 0 Å². The Morgan fingerprint density at radius 2 is 1.85 bits per heavy atom. The fraction of sp³-hybridized carbons (Fsp3) is 0.150. The maximum absolute atomic E-state index is 13.6. The van der Waals surface area contributed by atoms with Crippen molar-refractivity contribution >= 4 is 17.4 Å². The molecule has 1 amide bonds. The van der Waals surface area contributed by atoms with E-state index in [0.717, 1.165) is 11.3 Å². The molecule has 0 aliphatic carbocycles. The van der Waals surface area contributed by atoms with Gasteiger partial charge in [-0.25, -0.2) is 14.4 Å². The van der Waals surface area contributed by atoms with Crippen molar-refractivity contribution in [3.63, 3.8) is 0 Å². The van der Waals surface area contributed by atoms with Crippen molar-refractivity contribution < 1.29 is 9.18 Å². The number of aromatic nitrogens is 2.